The van der Waals surface area contributed by atoms with Crippen molar-refractivity contribution in [2.24, 2.45) is 0 Å². The van der Waals surface area contributed by atoms with Crippen molar-refractivity contribution in [2.75, 3.05) is 43.9 Å². The Balaban J connectivity index is 1.59. The number of anilines is 2. The number of aromatic amines is 1. The maximum atomic E-state index is 4.45. The number of hydrogen-bond donors (Lipinski definition) is 3. The quantitative estimate of drug-likeness (QED) is 0.689. The molecule has 1 fully saturated rings. The molecule has 0 aliphatic carbocycles. The molecule has 3 heterocycles. The molecule has 0 atom stereocenters. The van der Waals surface area contributed by atoms with Crippen LogP contribution >= 0.6 is 0 Å². The molecule has 2 aromatic heterocycles. The lowest BCUT2D eigenvalue weighted by Gasteiger charge is -2.14. The van der Waals surface area contributed by atoms with Crippen LogP contribution in [-0.4, -0.2) is 58.3 Å². The van der Waals surface area contributed by atoms with E-state index in [4.69, 9.17) is 0 Å². The predicted octanol–water partition coefficient (Wildman–Crippen LogP) is 1.29. The molecular formula is C13H21N7. The molecule has 7 heteroatoms. The van der Waals surface area contributed by atoms with Gasteiger partial charge in [-0.25, -0.2) is 0 Å². The van der Waals surface area contributed by atoms with Gasteiger partial charge in [0.1, 0.15) is 5.82 Å². The maximum absolute atomic E-state index is 4.45. The molecule has 3 N–H and O–H groups in total. The van der Waals surface area contributed by atoms with Crippen LogP contribution in [0.15, 0.2) is 6.20 Å². The number of likely N-dealkylation sites (tertiary alicyclic amines) is 1. The van der Waals surface area contributed by atoms with Gasteiger partial charge >= 0.3 is 0 Å². The molecule has 0 radical (unpaired) electrons. The van der Waals surface area contributed by atoms with E-state index in [1.165, 1.54) is 25.9 Å². The van der Waals surface area contributed by atoms with Gasteiger partial charge in [-0.05, 0) is 38.9 Å². The molecule has 20 heavy (non-hydrogen) atoms. The molecule has 1 saturated heterocycles. The Kier molecular flexibility index (Phi) is 3.96. The van der Waals surface area contributed by atoms with Crippen molar-refractivity contribution in [3.05, 3.63) is 6.20 Å². The second kappa shape index (κ2) is 6.04. The summed E-state index contributed by atoms with van der Waals surface area (Å²) in [6.07, 6.45) is 5.58. The van der Waals surface area contributed by atoms with Crippen molar-refractivity contribution < 1.29 is 0 Å². The molecule has 1 aliphatic rings. The Morgan fingerprint density at radius 2 is 2.15 bits per heavy atom. The minimum absolute atomic E-state index is 0.601. The average molecular weight is 275 g/mol. The second-order valence-corrected chi connectivity index (χ2v) is 5.11. The van der Waals surface area contributed by atoms with Gasteiger partial charge in [0.15, 0.2) is 5.65 Å². The summed E-state index contributed by atoms with van der Waals surface area (Å²) in [5.74, 6) is 1.44. The summed E-state index contributed by atoms with van der Waals surface area (Å²) in [4.78, 5) is 11.3. The molecular weight excluding hydrogens is 254 g/mol. The minimum atomic E-state index is 0.601. The Morgan fingerprint density at radius 1 is 1.30 bits per heavy atom. The van der Waals surface area contributed by atoms with Crippen LogP contribution in [0.1, 0.15) is 19.3 Å². The van der Waals surface area contributed by atoms with E-state index < -0.39 is 0 Å². The fourth-order valence-corrected chi connectivity index (χ4v) is 2.60. The van der Waals surface area contributed by atoms with Gasteiger partial charge in [0.05, 0.1) is 11.6 Å². The summed E-state index contributed by atoms with van der Waals surface area (Å²) >= 11 is 0. The normalized spacial score (nSPS) is 15.8. The molecule has 0 unspecified atom stereocenters. The van der Waals surface area contributed by atoms with E-state index >= 15 is 0 Å². The lowest BCUT2D eigenvalue weighted by atomic mass is 10.3. The van der Waals surface area contributed by atoms with Gasteiger partial charge in [-0.15, -0.1) is 0 Å². The van der Waals surface area contributed by atoms with E-state index in [-0.39, 0.29) is 0 Å². The number of nitrogens with one attached hydrogen (secondary N) is 3. The van der Waals surface area contributed by atoms with Crippen LogP contribution in [0.5, 0.6) is 0 Å². The van der Waals surface area contributed by atoms with Gasteiger partial charge in [0.25, 0.3) is 0 Å². The van der Waals surface area contributed by atoms with E-state index in [0.717, 1.165) is 36.4 Å². The van der Waals surface area contributed by atoms with Crippen molar-refractivity contribution in [2.45, 2.75) is 19.3 Å². The van der Waals surface area contributed by atoms with Crippen molar-refractivity contribution >= 4 is 22.8 Å². The topological polar surface area (TPSA) is 81.8 Å². The molecule has 0 amide bonds. The largest absolute Gasteiger partial charge is 0.369 e. The van der Waals surface area contributed by atoms with Crippen LogP contribution in [0.3, 0.4) is 0 Å². The van der Waals surface area contributed by atoms with Gasteiger partial charge in [-0.2, -0.15) is 15.1 Å². The lowest BCUT2D eigenvalue weighted by Crippen LogP contribution is -2.22. The van der Waals surface area contributed by atoms with Crippen LogP contribution in [0.4, 0.5) is 11.8 Å². The van der Waals surface area contributed by atoms with E-state index in [9.17, 15) is 0 Å². The number of hydrogen-bond acceptors (Lipinski definition) is 6. The smallest absolute Gasteiger partial charge is 0.226 e. The number of nitrogens with zero attached hydrogens (tertiary/aromatic N) is 4. The Bertz CT molecular complexity index is 559. The van der Waals surface area contributed by atoms with Gasteiger partial charge in [0.2, 0.25) is 5.95 Å². The Hall–Kier alpha value is -1.89. The van der Waals surface area contributed by atoms with Crippen molar-refractivity contribution in [1.29, 1.82) is 0 Å². The summed E-state index contributed by atoms with van der Waals surface area (Å²) in [5, 5.41) is 14.2. The maximum Gasteiger partial charge on any atom is 0.226 e. The first-order chi connectivity index (χ1) is 9.86. The monoisotopic (exact) mass is 275 g/mol. The first kappa shape index (κ1) is 13.1. The van der Waals surface area contributed by atoms with Gasteiger partial charge in [0, 0.05) is 13.6 Å². The highest BCUT2D eigenvalue weighted by Crippen LogP contribution is 2.19. The van der Waals surface area contributed by atoms with E-state index in [0.29, 0.717) is 5.95 Å². The third-order valence-corrected chi connectivity index (χ3v) is 3.68. The van der Waals surface area contributed by atoms with Crippen LogP contribution in [0.25, 0.3) is 11.0 Å². The first-order valence-electron chi connectivity index (χ1n) is 7.22. The zero-order chi connectivity index (χ0) is 13.8. The average Bonchev–Trinajstić information content (AvgIpc) is 3.13. The number of H-pyrrole nitrogens is 1. The third kappa shape index (κ3) is 2.82. The summed E-state index contributed by atoms with van der Waals surface area (Å²) in [6.45, 7) is 4.58. The molecule has 0 bridgehead atoms. The van der Waals surface area contributed by atoms with Crippen LogP contribution in [0.2, 0.25) is 0 Å². The fraction of sp³-hybridized carbons (Fsp3) is 0.615. The highest BCUT2D eigenvalue weighted by atomic mass is 15.2. The standard InChI is InChI=1S/C13H21N7/c1-14-13-17-11(10-9-16-19-12(10)18-13)15-5-4-8-20-6-2-3-7-20/h9H,2-8H2,1H3,(H3,14,15,16,17,18,19). The highest BCUT2D eigenvalue weighted by Gasteiger charge is 2.11. The third-order valence-electron chi connectivity index (χ3n) is 3.68. The zero-order valence-corrected chi connectivity index (χ0v) is 11.8. The van der Waals surface area contributed by atoms with Crippen molar-refractivity contribution in [3.8, 4) is 0 Å². The van der Waals surface area contributed by atoms with Crippen molar-refractivity contribution in [3.63, 3.8) is 0 Å². The van der Waals surface area contributed by atoms with E-state index in [1.807, 2.05) is 7.05 Å². The number of rotatable bonds is 6. The molecule has 3 rings (SSSR count). The predicted molar refractivity (Wildman–Crippen MR) is 80.0 cm³/mol. The Labute approximate surface area is 118 Å². The van der Waals surface area contributed by atoms with E-state index in [2.05, 4.69) is 35.7 Å². The van der Waals surface area contributed by atoms with Gasteiger partial charge in [-0.1, -0.05) is 0 Å². The minimum Gasteiger partial charge on any atom is -0.369 e. The highest BCUT2D eigenvalue weighted by molar-refractivity contribution is 5.86. The van der Waals surface area contributed by atoms with Crippen molar-refractivity contribution in [1.82, 2.24) is 25.1 Å². The van der Waals surface area contributed by atoms with Crippen LogP contribution in [-0.2, 0) is 0 Å². The molecule has 108 valence electrons. The van der Waals surface area contributed by atoms with Crippen LogP contribution < -0.4 is 10.6 Å². The molecule has 1 aliphatic heterocycles. The molecule has 0 spiro atoms. The fourth-order valence-electron chi connectivity index (χ4n) is 2.60. The second-order valence-electron chi connectivity index (χ2n) is 5.11. The summed E-state index contributed by atoms with van der Waals surface area (Å²) in [7, 11) is 1.81. The molecule has 2 aromatic rings. The SMILES string of the molecule is CNc1nc(NCCCN2CCCC2)c2cn[nH]c2n1. The van der Waals surface area contributed by atoms with Crippen LogP contribution in [0, 0.1) is 0 Å². The summed E-state index contributed by atoms with van der Waals surface area (Å²) in [5.41, 5.74) is 0.756. The molecule has 0 aromatic carbocycles. The number of aromatic nitrogens is 4. The molecule has 0 saturated carbocycles. The van der Waals surface area contributed by atoms with Gasteiger partial charge < -0.3 is 15.5 Å². The first-order valence-corrected chi connectivity index (χ1v) is 7.22. The number of fused-ring (bicyclic) bond motifs is 1. The zero-order valence-electron chi connectivity index (χ0n) is 11.8. The summed E-state index contributed by atoms with van der Waals surface area (Å²) < 4.78 is 0. The Morgan fingerprint density at radius 3 is 2.95 bits per heavy atom. The van der Waals surface area contributed by atoms with Gasteiger partial charge in [-0.3, -0.25) is 5.10 Å². The lowest BCUT2D eigenvalue weighted by molar-refractivity contribution is 0.337. The molecule has 7 nitrogen and oxygen atoms in total. The van der Waals surface area contributed by atoms with E-state index in [1.54, 1.807) is 6.20 Å². The summed E-state index contributed by atoms with van der Waals surface area (Å²) in [6, 6.07) is 0.